The lowest BCUT2D eigenvalue weighted by Gasteiger charge is -2.59. The second-order valence-electron chi connectivity index (χ2n) is 15.2. The number of fused-ring (bicyclic) bond motifs is 9. The van der Waals surface area contributed by atoms with Crippen LogP contribution in [0.2, 0.25) is 0 Å². The highest BCUT2D eigenvalue weighted by molar-refractivity contribution is 7.99. The van der Waals surface area contributed by atoms with Crippen LogP contribution >= 0.6 is 23.4 Å². The lowest BCUT2D eigenvalue weighted by Crippen LogP contribution is -2.69. The summed E-state index contributed by atoms with van der Waals surface area (Å²) in [6.07, 6.45) is -0.290. The van der Waals surface area contributed by atoms with Gasteiger partial charge in [0.1, 0.15) is 18.6 Å². The molecule has 58 heavy (non-hydrogen) atoms. The summed E-state index contributed by atoms with van der Waals surface area (Å²) in [5.74, 6) is 0.0876. The number of nitrogens with two attached hydrogens (primary N) is 1. The number of nitrogen functional groups attached to an aromatic ring is 1. The Morgan fingerprint density at radius 1 is 1.05 bits per heavy atom. The highest BCUT2D eigenvalue weighted by atomic mass is 35.5. The van der Waals surface area contributed by atoms with Gasteiger partial charge in [0.2, 0.25) is 6.79 Å². The molecule has 0 aromatic heterocycles. The van der Waals surface area contributed by atoms with E-state index >= 15 is 0 Å². The van der Waals surface area contributed by atoms with Crippen molar-refractivity contribution in [1.82, 2.24) is 15.5 Å². The Balaban J connectivity index is 1.26. The van der Waals surface area contributed by atoms with Gasteiger partial charge in [-0.2, -0.15) is 0 Å². The fourth-order valence-electron chi connectivity index (χ4n) is 9.75. The second-order valence-corrected chi connectivity index (χ2v) is 16.7. The molecule has 2 fully saturated rings. The molecule has 0 radical (unpaired) electrons. The first kappa shape index (κ1) is 38.8. The number of aliphatic hydroxyl groups excluding tert-OH is 1. The molecule has 7 atom stereocenters. The molecule has 7 heterocycles. The molecule has 7 aliphatic heterocycles. The van der Waals surface area contributed by atoms with Crippen molar-refractivity contribution in [3.8, 4) is 40.2 Å². The summed E-state index contributed by atoms with van der Waals surface area (Å²) in [5.41, 5.74) is 9.60. The summed E-state index contributed by atoms with van der Waals surface area (Å²) < 4.78 is 41.6. The fourth-order valence-corrected chi connectivity index (χ4v) is 11.6. The van der Waals surface area contributed by atoms with Gasteiger partial charge in [-0.15, -0.1) is 23.4 Å². The summed E-state index contributed by atoms with van der Waals surface area (Å²) in [5, 5.41) is 30.7. The minimum absolute atomic E-state index is 0.00134. The third-order valence-electron chi connectivity index (χ3n) is 12.1. The van der Waals surface area contributed by atoms with Crippen LogP contribution in [0, 0.1) is 6.92 Å². The number of hydrogen-bond acceptors (Lipinski definition) is 17. The molecule has 0 aliphatic carbocycles. The van der Waals surface area contributed by atoms with Crippen LogP contribution in [0.5, 0.6) is 40.2 Å². The predicted octanol–water partition coefficient (Wildman–Crippen LogP) is 3.17. The number of aromatic hydroxyl groups is 1. The van der Waals surface area contributed by atoms with E-state index in [2.05, 4.69) is 10.6 Å². The number of phenolic OH excluding ortho intramolecular Hbond substituents is 1. The van der Waals surface area contributed by atoms with Gasteiger partial charge in [0.15, 0.2) is 40.0 Å². The molecule has 4 bridgehead atoms. The zero-order valence-corrected chi connectivity index (χ0v) is 33.7. The monoisotopic (exact) mass is 838 g/mol. The van der Waals surface area contributed by atoms with Crippen molar-refractivity contribution >= 4 is 47.0 Å². The molecule has 3 aromatic rings. The van der Waals surface area contributed by atoms with Crippen molar-refractivity contribution in [1.29, 1.82) is 0 Å². The number of aliphatic hydroxyl groups is 1. The molecule has 7 aliphatic rings. The summed E-state index contributed by atoms with van der Waals surface area (Å²) >= 11 is 7.21. The fraction of sp³-hybridized carbons (Fsp3) is 0.475. The van der Waals surface area contributed by atoms with Crippen LogP contribution in [-0.2, 0) is 37.5 Å². The quantitative estimate of drug-likeness (QED) is 0.105. The molecular formula is C40H43ClN4O12S. The van der Waals surface area contributed by atoms with E-state index in [4.69, 9.17) is 50.5 Å². The molecule has 308 valence electrons. The summed E-state index contributed by atoms with van der Waals surface area (Å²) in [6, 6.07) is 2.55. The lowest BCUT2D eigenvalue weighted by molar-refractivity contribution is -0.164. The van der Waals surface area contributed by atoms with Crippen molar-refractivity contribution in [3.63, 3.8) is 0 Å². The molecule has 18 heteroatoms. The topological polar surface area (TPSA) is 210 Å². The number of alkyl halides is 1. The Morgan fingerprint density at radius 2 is 1.84 bits per heavy atom. The first-order valence-corrected chi connectivity index (χ1v) is 20.6. The molecule has 6 N–H and O–H groups in total. The number of rotatable bonds is 6. The normalized spacial score (nSPS) is 27.7. The number of ether oxygens (including phenoxy) is 7. The number of nitrogens with zero attached hydrogens (tertiary/aromatic N) is 1. The SMILES string of the molecule is COc1cc2c(cc1OC(=O)CCCl)CCN[C@]21CS[C@@H]2c3c(OC(C)=O)c(C)c4c(c3[C@H](COC1=O)N1C2[C@@H]2N[C@@H](Cc3cc(N)c(OC)c(O)c32)[C@@H]1O)OCO4. The minimum Gasteiger partial charge on any atom is -0.504 e. The van der Waals surface area contributed by atoms with E-state index in [0.717, 1.165) is 11.1 Å². The number of thioether (sulfide) groups is 1. The average Bonchev–Trinajstić information content (AvgIpc) is 3.69. The van der Waals surface area contributed by atoms with Crippen LogP contribution in [0.25, 0.3) is 0 Å². The van der Waals surface area contributed by atoms with Gasteiger partial charge in [-0.1, -0.05) is 0 Å². The van der Waals surface area contributed by atoms with E-state index in [9.17, 15) is 24.6 Å². The minimum atomic E-state index is -1.44. The van der Waals surface area contributed by atoms with Crippen molar-refractivity contribution in [2.75, 3.05) is 51.5 Å². The van der Waals surface area contributed by atoms with Crippen molar-refractivity contribution in [3.05, 3.63) is 57.1 Å². The van der Waals surface area contributed by atoms with E-state index in [1.807, 2.05) is 4.90 Å². The van der Waals surface area contributed by atoms with Gasteiger partial charge in [-0.3, -0.25) is 19.8 Å². The van der Waals surface area contributed by atoms with Gasteiger partial charge >= 0.3 is 17.9 Å². The molecule has 0 amide bonds. The number of carbonyl (C=O) groups excluding carboxylic acids is 3. The number of benzene rings is 3. The number of esters is 3. The predicted molar refractivity (Wildman–Crippen MR) is 209 cm³/mol. The number of piperazine rings is 1. The van der Waals surface area contributed by atoms with Crippen LogP contribution in [0.4, 0.5) is 5.69 Å². The van der Waals surface area contributed by atoms with Crippen molar-refractivity contribution < 1.29 is 57.8 Å². The number of carbonyl (C=O) groups is 3. The lowest BCUT2D eigenvalue weighted by atomic mass is 9.74. The summed E-state index contributed by atoms with van der Waals surface area (Å²) in [6.45, 7) is 3.17. The van der Waals surface area contributed by atoms with Gasteiger partial charge < -0.3 is 54.4 Å². The maximum atomic E-state index is 14.8. The average molecular weight is 839 g/mol. The van der Waals surface area contributed by atoms with Gasteiger partial charge in [0.05, 0.1) is 49.7 Å². The Labute approximate surface area is 342 Å². The number of methoxy groups -OCH3 is 2. The zero-order chi connectivity index (χ0) is 40.8. The van der Waals surface area contributed by atoms with Crippen molar-refractivity contribution in [2.24, 2.45) is 0 Å². The first-order chi connectivity index (χ1) is 27.9. The third-order valence-corrected chi connectivity index (χ3v) is 13.8. The highest BCUT2D eigenvalue weighted by Crippen LogP contribution is 2.63. The number of halogens is 1. The van der Waals surface area contributed by atoms with Crippen LogP contribution < -0.4 is 44.8 Å². The Bertz CT molecular complexity index is 2260. The standard InChI is InChI=1S/C40H43ClN4O12S/c1-16-33(56-17(2)46)29-28(36-34(16)54-15-55-36)23-13-53-39(50)40(20-12-24(51-3)25(57-26(47)5-7-41)11-18(20)6-8-43-40)14-58-37(29)31-30-27-19(9-21(42)35(52-4)32(27)48)10-22(44-30)38(49)45(23)31/h9,11-12,22-23,30-31,37-38,43-44,48-49H,5-8,10,13-15,42H2,1-4H3/t22-,23-,30+,31?,37+,38-,40+/m0/s1. The van der Waals surface area contributed by atoms with Crippen LogP contribution in [0.1, 0.15) is 69.6 Å². The number of nitrogens with one attached hydrogen (secondary N) is 2. The number of phenols is 1. The Kier molecular flexibility index (Phi) is 9.76. The molecule has 16 nitrogen and oxygen atoms in total. The van der Waals surface area contributed by atoms with Crippen LogP contribution in [0.3, 0.4) is 0 Å². The summed E-state index contributed by atoms with van der Waals surface area (Å²) in [7, 11) is 2.89. The molecule has 10 rings (SSSR count). The molecule has 1 spiro atoms. The molecule has 0 saturated carbocycles. The molecular weight excluding hydrogens is 796 g/mol. The highest BCUT2D eigenvalue weighted by Gasteiger charge is 2.60. The molecule has 2 saturated heterocycles. The maximum absolute atomic E-state index is 14.8. The second kappa shape index (κ2) is 14.6. The van der Waals surface area contributed by atoms with Crippen LogP contribution in [-0.4, -0.2) is 97.1 Å². The number of anilines is 1. The van der Waals surface area contributed by atoms with Gasteiger partial charge in [-0.05, 0) is 54.7 Å². The van der Waals surface area contributed by atoms with E-state index in [1.54, 1.807) is 25.1 Å². The Morgan fingerprint density at radius 3 is 2.59 bits per heavy atom. The van der Waals surface area contributed by atoms with E-state index in [1.165, 1.54) is 32.9 Å². The van der Waals surface area contributed by atoms with E-state index in [-0.39, 0.29) is 65.9 Å². The molecule has 1 unspecified atom stereocenters. The summed E-state index contributed by atoms with van der Waals surface area (Å²) in [4.78, 5) is 42.2. The van der Waals surface area contributed by atoms with Gasteiger partial charge in [0, 0.05) is 53.4 Å². The smallest absolute Gasteiger partial charge is 0.331 e. The van der Waals surface area contributed by atoms with Gasteiger partial charge in [0.25, 0.3) is 0 Å². The van der Waals surface area contributed by atoms with Crippen LogP contribution in [0.15, 0.2) is 18.2 Å². The zero-order valence-electron chi connectivity index (χ0n) is 32.1. The van der Waals surface area contributed by atoms with E-state index in [0.29, 0.717) is 58.7 Å². The Hall–Kier alpha value is -4.65. The first-order valence-electron chi connectivity index (χ1n) is 19.0. The molecule has 3 aromatic carbocycles. The third kappa shape index (κ3) is 5.76. The largest absolute Gasteiger partial charge is 0.504 e. The van der Waals surface area contributed by atoms with Crippen molar-refractivity contribution in [2.45, 2.75) is 74.3 Å². The van der Waals surface area contributed by atoms with E-state index < -0.39 is 59.1 Å². The maximum Gasteiger partial charge on any atom is 0.331 e. The number of hydrogen-bond donors (Lipinski definition) is 5. The van der Waals surface area contributed by atoms with Gasteiger partial charge in [-0.25, -0.2) is 4.79 Å².